The number of benzene rings is 2. The van der Waals surface area contributed by atoms with Gasteiger partial charge in [-0.15, -0.1) is 0 Å². The van der Waals surface area contributed by atoms with Crippen molar-refractivity contribution < 1.29 is 22.4 Å². The first-order valence-electron chi connectivity index (χ1n) is 9.62. The normalized spacial score (nSPS) is 17.0. The molecule has 0 spiro atoms. The molecule has 160 valence electrons. The van der Waals surface area contributed by atoms with Crippen LogP contribution in [-0.2, 0) is 19.6 Å². The number of halogens is 1. The quantitative estimate of drug-likeness (QED) is 0.708. The summed E-state index contributed by atoms with van der Waals surface area (Å²) < 4.78 is 40.7. The number of carbonyl (C=O) groups excluding carboxylic acids is 2. The topological polar surface area (TPSA) is 95.6 Å². The van der Waals surface area contributed by atoms with Crippen molar-refractivity contribution in [2.24, 2.45) is 0 Å². The van der Waals surface area contributed by atoms with E-state index in [1.54, 1.807) is 19.1 Å². The fourth-order valence-electron chi connectivity index (χ4n) is 3.45. The standard InChI is InChI=1S/C21H24FN3O4S/c1-14-5-6-15(2)19(12-14)30(28,29)25-11-3-4-18(25)13-23-20(26)21(27)24-17-9-7-16(22)8-10-17/h5-10,12,18H,3-4,11,13H2,1-2H3,(H,23,26)(H,24,27)/t18-/m0/s1. The summed E-state index contributed by atoms with van der Waals surface area (Å²) in [6.07, 6.45) is 1.26. The Kier molecular flexibility index (Phi) is 6.52. The van der Waals surface area contributed by atoms with E-state index in [0.717, 1.165) is 5.56 Å². The monoisotopic (exact) mass is 433 g/mol. The van der Waals surface area contributed by atoms with E-state index in [9.17, 15) is 22.4 Å². The van der Waals surface area contributed by atoms with Crippen molar-refractivity contribution in [3.63, 3.8) is 0 Å². The van der Waals surface area contributed by atoms with Crippen LogP contribution in [-0.4, -0.2) is 43.7 Å². The fraction of sp³-hybridized carbons (Fsp3) is 0.333. The number of hydrogen-bond acceptors (Lipinski definition) is 4. The zero-order valence-electron chi connectivity index (χ0n) is 16.8. The van der Waals surface area contributed by atoms with Crippen molar-refractivity contribution in [1.29, 1.82) is 0 Å². The number of nitrogens with one attached hydrogen (secondary N) is 2. The van der Waals surface area contributed by atoms with E-state index in [4.69, 9.17) is 0 Å². The maximum atomic E-state index is 13.2. The summed E-state index contributed by atoms with van der Waals surface area (Å²) in [6, 6.07) is 9.87. The van der Waals surface area contributed by atoms with E-state index in [2.05, 4.69) is 10.6 Å². The maximum Gasteiger partial charge on any atom is 0.313 e. The highest BCUT2D eigenvalue weighted by atomic mass is 32.2. The Balaban J connectivity index is 1.64. The highest BCUT2D eigenvalue weighted by molar-refractivity contribution is 7.89. The molecule has 2 amide bonds. The van der Waals surface area contributed by atoms with Crippen LogP contribution in [0.3, 0.4) is 0 Å². The Bertz CT molecular complexity index is 1050. The number of hydrogen-bond donors (Lipinski definition) is 2. The number of sulfonamides is 1. The number of nitrogens with zero attached hydrogens (tertiary/aromatic N) is 1. The number of rotatable bonds is 5. The predicted octanol–water partition coefficient (Wildman–Crippen LogP) is 2.35. The number of aryl methyl sites for hydroxylation is 2. The molecule has 1 heterocycles. The lowest BCUT2D eigenvalue weighted by molar-refractivity contribution is -0.136. The molecule has 2 N–H and O–H groups in total. The summed E-state index contributed by atoms with van der Waals surface area (Å²) in [6.45, 7) is 3.97. The first-order chi connectivity index (χ1) is 14.2. The van der Waals surface area contributed by atoms with Gasteiger partial charge in [-0.05, 0) is 68.1 Å². The number of anilines is 1. The molecule has 1 aliphatic rings. The van der Waals surface area contributed by atoms with E-state index >= 15 is 0 Å². The van der Waals surface area contributed by atoms with Gasteiger partial charge in [0, 0.05) is 24.8 Å². The molecule has 0 unspecified atom stereocenters. The number of carbonyl (C=O) groups is 2. The van der Waals surface area contributed by atoms with E-state index in [1.807, 2.05) is 13.0 Å². The minimum absolute atomic E-state index is 0.0275. The minimum Gasteiger partial charge on any atom is -0.346 e. The molecule has 0 aromatic heterocycles. The van der Waals surface area contributed by atoms with E-state index in [1.165, 1.54) is 28.6 Å². The summed E-state index contributed by atoms with van der Waals surface area (Å²) >= 11 is 0. The summed E-state index contributed by atoms with van der Waals surface area (Å²) in [4.78, 5) is 24.4. The Labute approximate surface area is 175 Å². The van der Waals surface area contributed by atoms with Crippen LogP contribution in [0.4, 0.5) is 10.1 Å². The Morgan fingerprint density at radius 3 is 2.50 bits per heavy atom. The minimum atomic E-state index is -3.72. The van der Waals surface area contributed by atoms with Crippen LogP contribution < -0.4 is 10.6 Å². The van der Waals surface area contributed by atoms with Crippen molar-refractivity contribution >= 4 is 27.5 Å². The zero-order chi connectivity index (χ0) is 21.9. The summed E-state index contributed by atoms with van der Waals surface area (Å²) in [5.74, 6) is -2.23. The van der Waals surface area contributed by atoms with Crippen LogP contribution in [0.15, 0.2) is 47.4 Å². The van der Waals surface area contributed by atoms with Gasteiger partial charge in [0.15, 0.2) is 0 Å². The molecule has 9 heteroatoms. The zero-order valence-corrected chi connectivity index (χ0v) is 17.6. The van der Waals surface area contributed by atoms with Crippen LogP contribution in [0.2, 0.25) is 0 Å². The summed E-state index contributed by atoms with van der Waals surface area (Å²) in [7, 11) is -3.72. The molecule has 0 saturated carbocycles. The van der Waals surface area contributed by atoms with Crippen LogP contribution in [0.1, 0.15) is 24.0 Å². The SMILES string of the molecule is Cc1ccc(C)c(S(=O)(=O)N2CCC[C@H]2CNC(=O)C(=O)Nc2ccc(F)cc2)c1. The van der Waals surface area contributed by atoms with Crippen molar-refractivity contribution in [3.8, 4) is 0 Å². The average molecular weight is 434 g/mol. The Morgan fingerprint density at radius 1 is 1.10 bits per heavy atom. The third-order valence-electron chi connectivity index (χ3n) is 5.06. The first kappa shape index (κ1) is 21.9. The summed E-state index contributed by atoms with van der Waals surface area (Å²) in [5.41, 5.74) is 1.80. The second-order valence-electron chi connectivity index (χ2n) is 7.35. The third kappa shape index (κ3) is 4.85. The van der Waals surface area contributed by atoms with Gasteiger partial charge in [-0.25, -0.2) is 12.8 Å². The van der Waals surface area contributed by atoms with Crippen LogP contribution >= 0.6 is 0 Å². The van der Waals surface area contributed by atoms with Crippen LogP contribution in [0.5, 0.6) is 0 Å². The van der Waals surface area contributed by atoms with Crippen molar-refractivity contribution in [3.05, 3.63) is 59.4 Å². The average Bonchev–Trinajstić information content (AvgIpc) is 3.19. The molecule has 30 heavy (non-hydrogen) atoms. The molecule has 1 atom stereocenters. The van der Waals surface area contributed by atoms with Crippen LogP contribution in [0, 0.1) is 19.7 Å². The smallest absolute Gasteiger partial charge is 0.313 e. The van der Waals surface area contributed by atoms with Gasteiger partial charge in [0.25, 0.3) is 0 Å². The third-order valence-corrected chi connectivity index (χ3v) is 7.15. The molecular formula is C21H24FN3O4S. The second kappa shape index (κ2) is 8.93. The Hall–Kier alpha value is -2.78. The molecular weight excluding hydrogens is 409 g/mol. The molecule has 7 nitrogen and oxygen atoms in total. The van der Waals surface area contributed by atoms with Gasteiger partial charge in [0.05, 0.1) is 4.90 Å². The first-order valence-corrected chi connectivity index (χ1v) is 11.1. The highest BCUT2D eigenvalue weighted by Gasteiger charge is 2.36. The lowest BCUT2D eigenvalue weighted by Gasteiger charge is -2.25. The lowest BCUT2D eigenvalue weighted by Crippen LogP contribution is -2.45. The predicted molar refractivity (Wildman–Crippen MR) is 111 cm³/mol. The number of amides is 2. The molecule has 1 aliphatic heterocycles. The molecule has 2 aromatic rings. The van der Waals surface area contributed by atoms with Crippen molar-refractivity contribution in [2.45, 2.75) is 37.6 Å². The van der Waals surface area contributed by atoms with Gasteiger partial charge >= 0.3 is 11.8 Å². The van der Waals surface area contributed by atoms with E-state index < -0.39 is 33.7 Å². The highest BCUT2D eigenvalue weighted by Crippen LogP contribution is 2.28. The molecule has 0 radical (unpaired) electrons. The molecule has 2 aromatic carbocycles. The lowest BCUT2D eigenvalue weighted by atomic mass is 10.2. The maximum absolute atomic E-state index is 13.2. The van der Waals surface area contributed by atoms with Crippen molar-refractivity contribution in [2.75, 3.05) is 18.4 Å². The molecule has 1 fully saturated rings. The summed E-state index contributed by atoms with van der Waals surface area (Å²) in [5, 5.41) is 4.88. The van der Waals surface area contributed by atoms with E-state index in [0.29, 0.717) is 24.9 Å². The Morgan fingerprint density at radius 2 is 1.80 bits per heavy atom. The van der Waals surface area contributed by atoms with Crippen molar-refractivity contribution in [1.82, 2.24) is 9.62 Å². The molecule has 1 saturated heterocycles. The fourth-order valence-corrected chi connectivity index (χ4v) is 5.46. The molecule has 0 bridgehead atoms. The van der Waals surface area contributed by atoms with Gasteiger partial charge in [-0.1, -0.05) is 12.1 Å². The van der Waals surface area contributed by atoms with Gasteiger partial charge in [0.2, 0.25) is 10.0 Å². The molecule has 3 rings (SSSR count). The van der Waals surface area contributed by atoms with E-state index in [-0.39, 0.29) is 17.1 Å². The molecule has 0 aliphatic carbocycles. The second-order valence-corrected chi connectivity index (χ2v) is 9.21. The van der Waals surface area contributed by atoms with Gasteiger partial charge in [-0.2, -0.15) is 4.31 Å². The largest absolute Gasteiger partial charge is 0.346 e. The van der Waals surface area contributed by atoms with Gasteiger partial charge in [0.1, 0.15) is 5.82 Å². The van der Waals surface area contributed by atoms with Gasteiger partial charge < -0.3 is 10.6 Å². The van der Waals surface area contributed by atoms with Crippen LogP contribution in [0.25, 0.3) is 0 Å². The van der Waals surface area contributed by atoms with Gasteiger partial charge in [-0.3, -0.25) is 9.59 Å².